The molecule has 17 heavy (non-hydrogen) atoms. The Morgan fingerprint density at radius 2 is 2.29 bits per heavy atom. The Morgan fingerprint density at radius 1 is 1.53 bits per heavy atom. The Morgan fingerprint density at radius 3 is 3.06 bits per heavy atom. The quantitative estimate of drug-likeness (QED) is 0.600. The summed E-state index contributed by atoms with van der Waals surface area (Å²) in [7, 11) is 0. The van der Waals surface area contributed by atoms with Crippen molar-refractivity contribution in [2.75, 3.05) is 5.33 Å². The van der Waals surface area contributed by atoms with Gasteiger partial charge < -0.3 is 0 Å². The SMILES string of the molecule is C[C@@]1(CBr)Cn2c(nc3ccccc3c2=O)S1. The van der Waals surface area contributed by atoms with E-state index in [9.17, 15) is 4.79 Å². The van der Waals surface area contributed by atoms with Crippen LogP contribution in [0.1, 0.15) is 6.92 Å². The Labute approximate surface area is 111 Å². The molecule has 1 aliphatic heterocycles. The molecule has 0 N–H and O–H groups in total. The van der Waals surface area contributed by atoms with E-state index in [1.54, 1.807) is 16.3 Å². The molecule has 3 rings (SSSR count). The lowest BCUT2D eigenvalue weighted by Crippen LogP contribution is -2.28. The smallest absolute Gasteiger partial charge is 0.262 e. The molecule has 88 valence electrons. The fourth-order valence-electron chi connectivity index (χ4n) is 2.02. The van der Waals surface area contributed by atoms with Crippen LogP contribution in [-0.4, -0.2) is 19.6 Å². The van der Waals surface area contributed by atoms with E-state index in [0.29, 0.717) is 5.39 Å². The first kappa shape index (κ1) is 11.3. The van der Waals surface area contributed by atoms with Gasteiger partial charge in [0.25, 0.3) is 5.56 Å². The fraction of sp³-hybridized carbons (Fsp3) is 0.333. The van der Waals surface area contributed by atoms with Gasteiger partial charge in [0.1, 0.15) is 0 Å². The number of thioether (sulfide) groups is 1. The fourth-order valence-corrected chi connectivity index (χ4v) is 3.63. The van der Waals surface area contributed by atoms with Gasteiger partial charge in [0.2, 0.25) is 0 Å². The van der Waals surface area contributed by atoms with Crippen LogP contribution in [0, 0.1) is 0 Å². The monoisotopic (exact) mass is 310 g/mol. The third kappa shape index (κ3) is 1.72. The van der Waals surface area contributed by atoms with Crippen LogP contribution in [0.25, 0.3) is 10.9 Å². The van der Waals surface area contributed by atoms with E-state index < -0.39 is 0 Å². The topological polar surface area (TPSA) is 34.9 Å². The lowest BCUT2D eigenvalue weighted by atomic mass is 10.2. The second-order valence-corrected chi connectivity index (χ2v) is 6.60. The van der Waals surface area contributed by atoms with Crippen molar-refractivity contribution in [2.45, 2.75) is 23.4 Å². The number of aromatic nitrogens is 2. The van der Waals surface area contributed by atoms with Crippen LogP contribution in [0.4, 0.5) is 0 Å². The van der Waals surface area contributed by atoms with Crippen LogP contribution in [-0.2, 0) is 6.54 Å². The molecule has 0 aliphatic carbocycles. The van der Waals surface area contributed by atoms with Gasteiger partial charge in [-0.15, -0.1) is 0 Å². The van der Waals surface area contributed by atoms with E-state index in [-0.39, 0.29) is 10.3 Å². The molecule has 1 aromatic heterocycles. The average molecular weight is 311 g/mol. The molecule has 0 fully saturated rings. The molecule has 1 aliphatic rings. The summed E-state index contributed by atoms with van der Waals surface area (Å²) in [6.45, 7) is 2.86. The van der Waals surface area contributed by atoms with Gasteiger partial charge in [0.05, 0.1) is 10.9 Å². The molecule has 0 unspecified atom stereocenters. The van der Waals surface area contributed by atoms with Gasteiger partial charge in [0, 0.05) is 16.6 Å². The van der Waals surface area contributed by atoms with E-state index in [4.69, 9.17) is 0 Å². The Hall–Kier alpha value is -0.810. The second-order valence-electron chi connectivity index (χ2n) is 4.49. The van der Waals surface area contributed by atoms with Crippen molar-refractivity contribution in [2.24, 2.45) is 0 Å². The maximum Gasteiger partial charge on any atom is 0.262 e. The van der Waals surface area contributed by atoms with Gasteiger partial charge in [-0.25, -0.2) is 4.98 Å². The van der Waals surface area contributed by atoms with E-state index in [2.05, 4.69) is 27.8 Å². The van der Waals surface area contributed by atoms with Gasteiger partial charge in [-0.1, -0.05) is 39.8 Å². The van der Waals surface area contributed by atoms with Gasteiger partial charge in [-0.05, 0) is 19.1 Å². The first-order valence-corrected chi connectivity index (χ1v) is 7.31. The zero-order valence-corrected chi connectivity index (χ0v) is 11.7. The number of benzene rings is 1. The number of nitrogens with zero attached hydrogens (tertiary/aromatic N) is 2. The molecule has 5 heteroatoms. The van der Waals surface area contributed by atoms with Crippen molar-refractivity contribution in [1.29, 1.82) is 0 Å². The van der Waals surface area contributed by atoms with Gasteiger partial charge in [-0.3, -0.25) is 9.36 Å². The van der Waals surface area contributed by atoms with Gasteiger partial charge in [0.15, 0.2) is 5.16 Å². The first-order valence-electron chi connectivity index (χ1n) is 5.37. The number of rotatable bonds is 1. The molecule has 2 aromatic rings. The Kier molecular flexibility index (Phi) is 2.56. The summed E-state index contributed by atoms with van der Waals surface area (Å²) in [6, 6.07) is 7.52. The number of alkyl halides is 1. The molecule has 1 aromatic carbocycles. The van der Waals surface area contributed by atoms with Crippen molar-refractivity contribution in [3.8, 4) is 0 Å². The van der Waals surface area contributed by atoms with Gasteiger partial charge in [-0.2, -0.15) is 0 Å². The standard InChI is InChI=1S/C12H11BrN2OS/c1-12(6-13)7-15-10(16)8-4-2-3-5-9(8)14-11(15)17-12/h2-5H,6-7H2,1H3/t12-/m1/s1. The van der Waals surface area contributed by atoms with E-state index in [1.807, 2.05) is 24.3 Å². The van der Waals surface area contributed by atoms with Crippen LogP contribution >= 0.6 is 27.7 Å². The molecule has 0 radical (unpaired) electrons. The zero-order valence-electron chi connectivity index (χ0n) is 9.31. The predicted molar refractivity (Wildman–Crippen MR) is 74.1 cm³/mol. The number of halogens is 1. The number of hydrogen-bond donors (Lipinski definition) is 0. The second kappa shape index (κ2) is 3.85. The maximum atomic E-state index is 12.3. The summed E-state index contributed by atoms with van der Waals surface area (Å²) in [5, 5.41) is 2.38. The molecule has 1 atom stereocenters. The largest absolute Gasteiger partial charge is 0.286 e. The van der Waals surface area contributed by atoms with Crippen LogP contribution in [0.3, 0.4) is 0 Å². The predicted octanol–water partition coefficient (Wildman–Crippen LogP) is 2.66. The summed E-state index contributed by atoms with van der Waals surface area (Å²) in [5.74, 6) is 0. The van der Waals surface area contributed by atoms with E-state index in [1.165, 1.54) is 0 Å². The highest BCUT2D eigenvalue weighted by atomic mass is 79.9. The summed E-state index contributed by atoms with van der Waals surface area (Å²) >= 11 is 5.18. The van der Waals surface area contributed by atoms with Crippen LogP contribution in [0.5, 0.6) is 0 Å². The minimum absolute atomic E-state index is 0.0243. The van der Waals surface area contributed by atoms with Gasteiger partial charge >= 0.3 is 0 Å². The van der Waals surface area contributed by atoms with Crippen molar-refractivity contribution in [1.82, 2.24) is 9.55 Å². The summed E-state index contributed by atoms with van der Waals surface area (Å²) in [6.07, 6.45) is 0. The highest BCUT2D eigenvalue weighted by Crippen LogP contribution is 2.40. The third-order valence-corrected chi connectivity index (χ3v) is 5.81. The zero-order chi connectivity index (χ0) is 12.0. The van der Waals surface area contributed by atoms with E-state index >= 15 is 0 Å². The molecule has 3 nitrogen and oxygen atoms in total. The Balaban J connectivity index is 2.28. The highest BCUT2D eigenvalue weighted by Gasteiger charge is 2.35. The normalized spacial score (nSPS) is 22.9. The molecule has 0 saturated carbocycles. The highest BCUT2D eigenvalue weighted by molar-refractivity contribution is 9.09. The summed E-state index contributed by atoms with van der Waals surface area (Å²) in [5.41, 5.74) is 0.859. The molecule has 0 saturated heterocycles. The summed E-state index contributed by atoms with van der Waals surface area (Å²) in [4.78, 5) is 16.9. The minimum atomic E-state index is 0.0243. The average Bonchev–Trinajstić information content (AvgIpc) is 2.68. The molecular weight excluding hydrogens is 300 g/mol. The molecular formula is C12H11BrN2OS. The van der Waals surface area contributed by atoms with Crippen molar-refractivity contribution in [3.05, 3.63) is 34.6 Å². The first-order chi connectivity index (χ1) is 8.13. The van der Waals surface area contributed by atoms with Crippen LogP contribution in [0.2, 0.25) is 0 Å². The third-order valence-electron chi connectivity index (χ3n) is 2.94. The minimum Gasteiger partial charge on any atom is -0.286 e. The molecule has 2 heterocycles. The van der Waals surface area contributed by atoms with Crippen molar-refractivity contribution in [3.63, 3.8) is 0 Å². The number of hydrogen-bond acceptors (Lipinski definition) is 3. The molecule has 0 spiro atoms. The number of fused-ring (bicyclic) bond motifs is 2. The Bertz CT molecular complexity index is 654. The maximum absolute atomic E-state index is 12.3. The summed E-state index contributed by atoms with van der Waals surface area (Å²) < 4.78 is 1.81. The van der Waals surface area contributed by atoms with Crippen LogP contribution in [0.15, 0.2) is 34.2 Å². The number of para-hydroxylation sites is 1. The molecule has 0 amide bonds. The lowest BCUT2D eigenvalue weighted by Gasteiger charge is -2.16. The van der Waals surface area contributed by atoms with Crippen LogP contribution < -0.4 is 5.56 Å². The molecule has 0 bridgehead atoms. The van der Waals surface area contributed by atoms with E-state index in [0.717, 1.165) is 22.5 Å². The van der Waals surface area contributed by atoms with Crippen molar-refractivity contribution < 1.29 is 0 Å². The van der Waals surface area contributed by atoms with Crippen molar-refractivity contribution >= 4 is 38.6 Å². The lowest BCUT2D eigenvalue weighted by molar-refractivity contribution is 0.554.